The fraction of sp³-hybridized carbons (Fsp3) is 0.200. The number of aromatic nitrogens is 1. The molecule has 0 bridgehead atoms. The summed E-state index contributed by atoms with van der Waals surface area (Å²) in [5.74, 6) is -0.185. The van der Waals surface area contributed by atoms with Gasteiger partial charge in [0, 0.05) is 17.7 Å². The van der Waals surface area contributed by atoms with Crippen molar-refractivity contribution in [1.29, 1.82) is 0 Å². The standard InChI is InChI=1S/C35H31N3O5S/c1-5-20-37-26-15-11-10-14-25(26)27(32(37)39)31-33(40)38-30(23-16-18-24(19-17-23)43-21(3)4)28(34(41)42-6-2)29(36-35(38)44-31)22-12-8-7-9-13-22/h5,7-19,21,30H,1,6,20H2,2-4H3/b31-27-/t30-/m1/s1. The predicted molar refractivity (Wildman–Crippen MR) is 171 cm³/mol. The SMILES string of the molecule is C=CCN1C(=O)/C(=c2\sc3n(c2=O)[C@H](c2ccc(OC(C)C)cc2)C(C(=O)OCC)=C(c2ccccc2)N=3)c2ccccc21. The molecule has 4 aromatic rings. The lowest BCUT2D eigenvalue weighted by atomic mass is 9.93. The molecule has 44 heavy (non-hydrogen) atoms. The second-order valence-electron chi connectivity index (χ2n) is 10.6. The highest BCUT2D eigenvalue weighted by molar-refractivity contribution is 7.07. The van der Waals surface area contributed by atoms with Crippen LogP contribution in [-0.2, 0) is 14.3 Å². The molecular formula is C35H31N3O5S. The van der Waals surface area contributed by atoms with E-state index >= 15 is 0 Å². The second-order valence-corrected chi connectivity index (χ2v) is 11.6. The summed E-state index contributed by atoms with van der Waals surface area (Å²) >= 11 is 1.14. The fourth-order valence-electron chi connectivity index (χ4n) is 5.62. The van der Waals surface area contributed by atoms with Gasteiger partial charge in [0.2, 0.25) is 0 Å². The number of hydrogen-bond donors (Lipinski definition) is 0. The van der Waals surface area contributed by atoms with Gasteiger partial charge in [-0.1, -0.05) is 78.1 Å². The molecule has 0 N–H and O–H groups in total. The second kappa shape index (κ2) is 11.9. The van der Waals surface area contributed by atoms with Crippen LogP contribution in [0.15, 0.2) is 107 Å². The van der Waals surface area contributed by atoms with Crippen molar-refractivity contribution < 1.29 is 19.1 Å². The Morgan fingerprint density at radius 2 is 1.73 bits per heavy atom. The summed E-state index contributed by atoms with van der Waals surface area (Å²) in [6.07, 6.45) is 1.64. The molecule has 3 aromatic carbocycles. The molecule has 0 saturated heterocycles. The average Bonchev–Trinajstić information content (AvgIpc) is 3.49. The monoisotopic (exact) mass is 605 g/mol. The Morgan fingerprint density at radius 3 is 2.41 bits per heavy atom. The van der Waals surface area contributed by atoms with E-state index in [4.69, 9.17) is 14.5 Å². The third kappa shape index (κ3) is 4.99. The molecule has 1 amide bonds. The molecule has 0 fully saturated rings. The van der Waals surface area contributed by atoms with Crippen LogP contribution in [0.2, 0.25) is 0 Å². The molecule has 1 atom stereocenters. The van der Waals surface area contributed by atoms with Crippen molar-refractivity contribution >= 4 is 40.2 Å². The lowest BCUT2D eigenvalue weighted by Crippen LogP contribution is -2.41. The topological polar surface area (TPSA) is 90.2 Å². The zero-order valence-electron chi connectivity index (χ0n) is 24.7. The number of carbonyl (C=O) groups is 2. The first-order valence-electron chi connectivity index (χ1n) is 14.4. The van der Waals surface area contributed by atoms with Gasteiger partial charge in [-0.05, 0) is 44.5 Å². The van der Waals surface area contributed by atoms with Crippen molar-refractivity contribution in [3.8, 4) is 5.75 Å². The zero-order valence-corrected chi connectivity index (χ0v) is 25.5. The van der Waals surface area contributed by atoms with E-state index in [-0.39, 0.29) is 28.7 Å². The van der Waals surface area contributed by atoms with Gasteiger partial charge >= 0.3 is 5.97 Å². The summed E-state index contributed by atoms with van der Waals surface area (Å²) in [6.45, 7) is 9.88. The predicted octanol–water partition coefficient (Wildman–Crippen LogP) is 4.63. The van der Waals surface area contributed by atoms with Crippen LogP contribution in [0.1, 0.15) is 43.5 Å². The van der Waals surface area contributed by atoms with Crippen LogP contribution >= 0.6 is 11.3 Å². The minimum atomic E-state index is -0.862. The minimum Gasteiger partial charge on any atom is -0.491 e. The van der Waals surface area contributed by atoms with E-state index in [1.54, 1.807) is 17.9 Å². The number of amides is 1. The highest BCUT2D eigenvalue weighted by atomic mass is 32.1. The third-order valence-corrected chi connectivity index (χ3v) is 8.43. The molecule has 0 aliphatic carbocycles. The van der Waals surface area contributed by atoms with Crippen LogP contribution in [0.3, 0.4) is 0 Å². The van der Waals surface area contributed by atoms with Crippen LogP contribution in [0, 0.1) is 0 Å². The van der Waals surface area contributed by atoms with Crippen molar-refractivity contribution in [2.45, 2.75) is 32.9 Å². The number of rotatable bonds is 8. The number of benzene rings is 3. The van der Waals surface area contributed by atoms with Crippen LogP contribution in [0.25, 0.3) is 11.3 Å². The summed E-state index contributed by atoms with van der Waals surface area (Å²) < 4.78 is 13.2. The van der Waals surface area contributed by atoms with Crippen LogP contribution in [0.4, 0.5) is 5.69 Å². The maximum atomic E-state index is 14.5. The highest BCUT2D eigenvalue weighted by Crippen LogP contribution is 2.37. The number of hydrogen-bond acceptors (Lipinski definition) is 7. The minimum absolute atomic E-state index is 0.0211. The van der Waals surface area contributed by atoms with Crippen molar-refractivity contribution in [2.75, 3.05) is 18.1 Å². The maximum absolute atomic E-state index is 14.5. The summed E-state index contributed by atoms with van der Waals surface area (Å²) in [5, 5.41) is 0. The number of anilines is 1. The van der Waals surface area contributed by atoms with Gasteiger partial charge in [0.15, 0.2) is 4.80 Å². The van der Waals surface area contributed by atoms with Gasteiger partial charge < -0.3 is 14.4 Å². The van der Waals surface area contributed by atoms with Crippen LogP contribution in [0.5, 0.6) is 5.75 Å². The Balaban J connectivity index is 1.67. The van der Waals surface area contributed by atoms with Gasteiger partial charge in [-0.25, -0.2) is 9.79 Å². The molecule has 222 valence electrons. The van der Waals surface area contributed by atoms with Gasteiger partial charge in [0.1, 0.15) is 10.3 Å². The Labute approximate surface area is 258 Å². The van der Waals surface area contributed by atoms with Crippen molar-refractivity contribution in [3.05, 3.63) is 133 Å². The fourth-order valence-corrected chi connectivity index (χ4v) is 6.71. The lowest BCUT2D eigenvalue weighted by Gasteiger charge is -2.26. The largest absolute Gasteiger partial charge is 0.491 e. The van der Waals surface area contributed by atoms with Gasteiger partial charge in [-0.15, -0.1) is 6.58 Å². The molecule has 3 heterocycles. The van der Waals surface area contributed by atoms with E-state index in [2.05, 4.69) is 6.58 Å². The van der Waals surface area contributed by atoms with E-state index < -0.39 is 17.6 Å². The van der Waals surface area contributed by atoms with Crippen LogP contribution in [-0.4, -0.2) is 35.7 Å². The molecule has 0 saturated carbocycles. The van der Waals surface area contributed by atoms with Crippen molar-refractivity contribution in [1.82, 2.24) is 4.57 Å². The molecule has 0 spiro atoms. The maximum Gasteiger partial charge on any atom is 0.338 e. The van der Waals surface area contributed by atoms with Gasteiger partial charge in [0.05, 0.1) is 41.3 Å². The number of para-hydroxylation sites is 1. The first-order valence-corrected chi connectivity index (χ1v) is 15.3. The van der Waals surface area contributed by atoms with E-state index in [0.29, 0.717) is 50.7 Å². The quantitative estimate of drug-likeness (QED) is 0.216. The molecule has 9 heteroatoms. The Morgan fingerprint density at radius 1 is 1.02 bits per heavy atom. The first-order chi connectivity index (χ1) is 21.3. The third-order valence-electron chi connectivity index (χ3n) is 7.38. The van der Waals surface area contributed by atoms with E-state index in [1.165, 1.54) is 4.57 Å². The van der Waals surface area contributed by atoms with Gasteiger partial charge in [-0.3, -0.25) is 14.2 Å². The summed E-state index contributed by atoms with van der Waals surface area (Å²) in [5.41, 5.74) is 3.34. The number of carbonyl (C=O) groups excluding carboxylic acids is 2. The zero-order chi connectivity index (χ0) is 31.0. The number of esters is 1. The molecule has 0 unspecified atom stereocenters. The summed E-state index contributed by atoms with van der Waals surface area (Å²) in [7, 11) is 0. The average molecular weight is 606 g/mol. The molecule has 8 nitrogen and oxygen atoms in total. The Kier molecular flexibility index (Phi) is 7.88. The molecule has 6 rings (SSSR count). The van der Waals surface area contributed by atoms with Crippen LogP contribution < -0.4 is 24.5 Å². The molecule has 1 aromatic heterocycles. The van der Waals surface area contributed by atoms with E-state index in [9.17, 15) is 14.4 Å². The van der Waals surface area contributed by atoms with Gasteiger partial charge in [0.25, 0.3) is 11.5 Å². The van der Waals surface area contributed by atoms with Crippen molar-refractivity contribution in [3.63, 3.8) is 0 Å². The number of fused-ring (bicyclic) bond motifs is 2. The molecule has 2 aliphatic rings. The normalized spacial score (nSPS) is 16.9. The molecule has 0 radical (unpaired) electrons. The molecule has 2 aliphatic heterocycles. The highest BCUT2D eigenvalue weighted by Gasteiger charge is 2.38. The Hall–Kier alpha value is -5.02. The number of ether oxygens (including phenoxy) is 2. The summed E-state index contributed by atoms with van der Waals surface area (Å²) in [4.78, 5) is 48.9. The number of nitrogens with zero attached hydrogens (tertiary/aromatic N) is 3. The first kappa shape index (κ1) is 29.1. The smallest absolute Gasteiger partial charge is 0.338 e. The van der Waals surface area contributed by atoms with Crippen molar-refractivity contribution in [2.24, 2.45) is 4.99 Å². The van der Waals surface area contributed by atoms with E-state index in [0.717, 1.165) is 11.3 Å². The van der Waals surface area contributed by atoms with E-state index in [1.807, 2.05) is 92.7 Å². The lowest BCUT2D eigenvalue weighted by molar-refractivity contribution is -0.138. The summed E-state index contributed by atoms with van der Waals surface area (Å²) in [6, 6.07) is 23.2. The molecular weight excluding hydrogens is 574 g/mol. The Bertz CT molecular complexity index is 1990. The van der Waals surface area contributed by atoms with Gasteiger partial charge in [-0.2, -0.15) is 0 Å². The number of thiazole rings is 1.